The van der Waals surface area contributed by atoms with Gasteiger partial charge in [0, 0.05) is 0 Å². The minimum absolute atomic E-state index is 0.0904. The Labute approximate surface area is 112 Å². The Kier molecular flexibility index (Phi) is 3.40. The van der Waals surface area contributed by atoms with E-state index in [1.165, 1.54) is 4.31 Å². The number of ether oxygens (including phenoxy) is 1. The summed E-state index contributed by atoms with van der Waals surface area (Å²) >= 11 is 0. The maximum Gasteiger partial charge on any atom is 0.260 e. The molecule has 0 aliphatic carbocycles. The zero-order valence-corrected chi connectivity index (χ0v) is 11.6. The first kappa shape index (κ1) is 13.7. The van der Waals surface area contributed by atoms with Crippen LogP contribution in [0.4, 0.5) is 5.69 Å². The van der Waals surface area contributed by atoms with E-state index in [0.717, 1.165) is 0 Å². The fourth-order valence-corrected chi connectivity index (χ4v) is 3.12. The quantitative estimate of drug-likeness (QED) is 0.874. The summed E-state index contributed by atoms with van der Waals surface area (Å²) in [6.07, 6.45) is -0.969. The van der Waals surface area contributed by atoms with Gasteiger partial charge in [-0.1, -0.05) is 12.1 Å². The average Bonchev–Trinajstić information content (AvgIpc) is 2.37. The Morgan fingerprint density at radius 3 is 2.63 bits per heavy atom. The van der Waals surface area contributed by atoms with E-state index in [2.05, 4.69) is 0 Å². The number of hydrogen-bond acceptors (Lipinski definition) is 4. The number of amides is 1. The molecule has 0 saturated carbocycles. The highest BCUT2D eigenvalue weighted by Crippen LogP contribution is 2.35. The number of hydrogen-bond donors (Lipinski definition) is 1. The fraction of sp³-hybridized carbons (Fsp3) is 0.417. The van der Waals surface area contributed by atoms with E-state index in [0.29, 0.717) is 11.4 Å². The topological polar surface area (TPSA) is 89.7 Å². The summed E-state index contributed by atoms with van der Waals surface area (Å²) in [6.45, 7) is 3.09. The minimum Gasteiger partial charge on any atom is -0.476 e. The average molecular weight is 284 g/mol. The summed E-state index contributed by atoms with van der Waals surface area (Å²) < 4.78 is 31.3. The van der Waals surface area contributed by atoms with Gasteiger partial charge in [-0.2, -0.15) is 0 Å². The molecule has 2 rings (SSSR count). The second-order valence-electron chi connectivity index (χ2n) is 4.60. The van der Waals surface area contributed by atoms with Crippen LogP contribution in [-0.2, 0) is 14.8 Å². The number of anilines is 1. The molecule has 1 aromatic carbocycles. The van der Waals surface area contributed by atoms with Crippen LogP contribution in [0.5, 0.6) is 5.75 Å². The molecule has 2 N–H and O–H groups in total. The van der Waals surface area contributed by atoms with Gasteiger partial charge in [0.2, 0.25) is 10.0 Å². The normalized spacial score (nSPS) is 18.9. The molecular formula is C12H16N2O4S. The fourth-order valence-electron chi connectivity index (χ4n) is 1.85. The van der Waals surface area contributed by atoms with Crippen molar-refractivity contribution in [1.82, 2.24) is 0 Å². The number of rotatable bonds is 3. The van der Waals surface area contributed by atoms with Gasteiger partial charge in [0.05, 0.1) is 17.5 Å². The molecule has 104 valence electrons. The number of primary amides is 1. The molecule has 0 spiro atoms. The Balaban J connectivity index is 2.51. The molecule has 7 heteroatoms. The second kappa shape index (κ2) is 4.73. The van der Waals surface area contributed by atoms with E-state index < -0.39 is 27.3 Å². The minimum atomic E-state index is -3.53. The molecule has 1 amide bonds. The standard InChI is InChI=1S/C12H16N2O4S/c1-8(2)19(16,17)14-7-11(12(13)15)18-10-6-4-3-5-9(10)14/h3-6,8,11H,7H2,1-2H3,(H2,13,15). The predicted octanol–water partition coefficient (Wildman–Crippen LogP) is 0.478. The Bertz CT molecular complexity index is 598. The molecule has 1 aromatic rings. The van der Waals surface area contributed by atoms with Crippen LogP contribution < -0.4 is 14.8 Å². The summed E-state index contributed by atoms with van der Waals surface area (Å²) in [5.74, 6) is -0.333. The molecule has 1 aliphatic rings. The second-order valence-corrected chi connectivity index (χ2v) is 7.01. The van der Waals surface area contributed by atoms with Gasteiger partial charge in [0.1, 0.15) is 5.75 Å². The first-order valence-electron chi connectivity index (χ1n) is 5.90. The highest BCUT2D eigenvalue weighted by atomic mass is 32.2. The zero-order chi connectivity index (χ0) is 14.2. The molecule has 19 heavy (non-hydrogen) atoms. The van der Waals surface area contributed by atoms with Crippen molar-refractivity contribution in [3.63, 3.8) is 0 Å². The number of nitrogens with zero attached hydrogens (tertiary/aromatic N) is 1. The van der Waals surface area contributed by atoms with Gasteiger partial charge in [0.15, 0.2) is 6.10 Å². The monoisotopic (exact) mass is 284 g/mol. The highest BCUT2D eigenvalue weighted by molar-refractivity contribution is 7.93. The van der Waals surface area contributed by atoms with Crippen molar-refractivity contribution in [2.45, 2.75) is 25.2 Å². The molecule has 1 atom stereocenters. The number of nitrogens with two attached hydrogens (primary N) is 1. The number of benzene rings is 1. The van der Waals surface area contributed by atoms with E-state index in [1.807, 2.05) is 0 Å². The number of fused-ring (bicyclic) bond motifs is 1. The largest absolute Gasteiger partial charge is 0.476 e. The molecule has 0 radical (unpaired) electrons. The molecule has 0 aromatic heterocycles. The molecular weight excluding hydrogens is 268 g/mol. The lowest BCUT2D eigenvalue weighted by Gasteiger charge is -2.35. The highest BCUT2D eigenvalue weighted by Gasteiger charge is 2.36. The smallest absolute Gasteiger partial charge is 0.260 e. The molecule has 1 heterocycles. The third-order valence-corrected chi connectivity index (χ3v) is 5.11. The maximum atomic E-state index is 12.3. The third-order valence-electron chi connectivity index (χ3n) is 2.96. The van der Waals surface area contributed by atoms with E-state index in [4.69, 9.17) is 10.5 Å². The number of para-hydroxylation sites is 2. The zero-order valence-electron chi connectivity index (χ0n) is 10.7. The Morgan fingerprint density at radius 1 is 1.42 bits per heavy atom. The molecule has 0 bridgehead atoms. The van der Waals surface area contributed by atoms with E-state index in [9.17, 15) is 13.2 Å². The number of sulfonamides is 1. The predicted molar refractivity (Wildman–Crippen MR) is 71.5 cm³/mol. The van der Waals surface area contributed by atoms with Crippen molar-refractivity contribution < 1.29 is 17.9 Å². The molecule has 0 saturated heterocycles. The molecule has 1 aliphatic heterocycles. The van der Waals surface area contributed by atoms with Crippen LogP contribution in [0.15, 0.2) is 24.3 Å². The van der Waals surface area contributed by atoms with Gasteiger partial charge in [-0.25, -0.2) is 8.42 Å². The van der Waals surface area contributed by atoms with Crippen molar-refractivity contribution >= 4 is 21.6 Å². The van der Waals surface area contributed by atoms with Gasteiger partial charge in [-0.3, -0.25) is 9.10 Å². The lowest BCUT2D eigenvalue weighted by molar-refractivity contribution is -0.124. The maximum absolute atomic E-state index is 12.3. The van der Waals surface area contributed by atoms with Crippen LogP contribution in [0.1, 0.15) is 13.8 Å². The summed E-state index contributed by atoms with van der Waals surface area (Å²) in [5.41, 5.74) is 5.66. The van der Waals surface area contributed by atoms with Gasteiger partial charge in [-0.05, 0) is 26.0 Å². The SMILES string of the molecule is CC(C)S(=O)(=O)N1CC(C(N)=O)Oc2ccccc21. The van der Waals surface area contributed by atoms with Crippen LogP contribution in [0.2, 0.25) is 0 Å². The summed E-state index contributed by atoms with van der Waals surface area (Å²) in [7, 11) is -3.53. The van der Waals surface area contributed by atoms with Gasteiger partial charge in [0.25, 0.3) is 5.91 Å². The Morgan fingerprint density at radius 2 is 2.05 bits per heavy atom. The van der Waals surface area contributed by atoms with Gasteiger partial charge >= 0.3 is 0 Å². The molecule has 1 unspecified atom stereocenters. The first-order chi connectivity index (χ1) is 8.84. The van der Waals surface area contributed by atoms with E-state index in [1.54, 1.807) is 38.1 Å². The van der Waals surface area contributed by atoms with Crippen molar-refractivity contribution in [2.75, 3.05) is 10.8 Å². The van der Waals surface area contributed by atoms with Gasteiger partial charge < -0.3 is 10.5 Å². The summed E-state index contributed by atoms with van der Waals surface area (Å²) in [5, 5.41) is -0.591. The van der Waals surface area contributed by atoms with E-state index >= 15 is 0 Å². The first-order valence-corrected chi connectivity index (χ1v) is 7.41. The van der Waals surface area contributed by atoms with Crippen LogP contribution in [0.25, 0.3) is 0 Å². The Hall–Kier alpha value is -1.76. The number of carbonyl (C=O) groups is 1. The van der Waals surface area contributed by atoms with Crippen LogP contribution in [-0.4, -0.2) is 32.2 Å². The lowest BCUT2D eigenvalue weighted by atomic mass is 10.2. The van der Waals surface area contributed by atoms with Crippen molar-refractivity contribution in [2.24, 2.45) is 5.73 Å². The molecule has 0 fully saturated rings. The summed E-state index contributed by atoms with van der Waals surface area (Å²) in [4.78, 5) is 11.3. The lowest BCUT2D eigenvalue weighted by Crippen LogP contribution is -2.50. The van der Waals surface area contributed by atoms with Crippen molar-refractivity contribution in [3.05, 3.63) is 24.3 Å². The van der Waals surface area contributed by atoms with Crippen LogP contribution >= 0.6 is 0 Å². The molecule has 6 nitrogen and oxygen atoms in total. The third kappa shape index (κ3) is 2.37. The van der Waals surface area contributed by atoms with Crippen molar-refractivity contribution in [3.8, 4) is 5.75 Å². The number of carbonyl (C=O) groups excluding carboxylic acids is 1. The van der Waals surface area contributed by atoms with Gasteiger partial charge in [-0.15, -0.1) is 0 Å². The summed E-state index contributed by atoms with van der Waals surface area (Å²) in [6, 6.07) is 6.69. The van der Waals surface area contributed by atoms with Crippen LogP contribution in [0, 0.1) is 0 Å². The van der Waals surface area contributed by atoms with Crippen LogP contribution in [0.3, 0.4) is 0 Å². The van der Waals surface area contributed by atoms with E-state index in [-0.39, 0.29) is 6.54 Å². The van der Waals surface area contributed by atoms with Crippen molar-refractivity contribution in [1.29, 1.82) is 0 Å².